The molecule has 2 N–H and O–H groups in total. The molecule has 94 valence electrons. The van der Waals surface area contributed by atoms with Gasteiger partial charge < -0.3 is 15.2 Å². The monoisotopic (exact) mass is 303 g/mol. The predicted octanol–water partition coefficient (Wildman–Crippen LogP) is 2.47. The van der Waals surface area contributed by atoms with Crippen LogP contribution in [0.4, 0.5) is 4.39 Å². The minimum Gasteiger partial charge on any atom is -0.487 e. The van der Waals surface area contributed by atoms with E-state index >= 15 is 0 Å². The molecule has 0 aliphatic heterocycles. The lowest BCUT2D eigenvalue weighted by molar-refractivity contribution is -0.0946. The van der Waals surface area contributed by atoms with Crippen LogP contribution in [0.15, 0.2) is 22.7 Å². The Balaban J connectivity index is 2.01. The van der Waals surface area contributed by atoms with E-state index in [-0.39, 0.29) is 24.1 Å². The van der Waals surface area contributed by atoms with E-state index in [9.17, 15) is 4.39 Å². The number of hydrogen-bond acceptors (Lipinski definition) is 3. The molecule has 1 aromatic carbocycles. The summed E-state index contributed by atoms with van der Waals surface area (Å²) >= 11 is 3.22. The minimum atomic E-state index is -0.328. The predicted molar refractivity (Wildman–Crippen MR) is 66.5 cm³/mol. The van der Waals surface area contributed by atoms with Crippen LogP contribution in [-0.2, 0) is 4.74 Å². The molecule has 1 saturated carbocycles. The molecule has 1 aliphatic carbocycles. The fraction of sp³-hybridized carbons (Fsp3) is 0.500. The minimum absolute atomic E-state index is 0.0111. The number of nitrogens with two attached hydrogens (primary N) is 1. The summed E-state index contributed by atoms with van der Waals surface area (Å²) in [6, 6.07) is 4.49. The number of rotatable bonds is 4. The van der Waals surface area contributed by atoms with Crippen LogP contribution >= 0.6 is 15.9 Å². The first kappa shape index (κ1) is 12.8. The van der Waals surface area contributed by atoms with Gasteiger partial charge in [0.25, 0.3) is 0 Å². The first-order valence-corrected chi connectivity index (χ1v) is 6.39. The van der Waals surface area contributed by atoms with Crippen LogP contribution < -0.4 is 10.5 Å². The van der Waals surface area contributed by atoms with E-state index in [2.05, 4.69) is 15.9 Å². The highest BCUT2D eigenvalue weighted by molar-refractivity contribution is 9.10. The van der Waals surface area contributed by atoms with Crippen molar-refractivity contribution in [2.24, 2.45) is 5.73 Å². The summed E-state index contributed by atoms with van der Waals surface area (Å²) in [5.74, 6) is 0.171. The molecular weight excluding hydrogens is 289 g/mol. The molecule has 0 saturated heterocycles. The summed E-state index contributed by atoms with van der Waals surface area (Å²) in [5, 5.41) is 0. The van der Waals surface area contributed by atoms with E-state index in [1.165, 1.54) is 12.1 Å². The van der Waals surface area contributed by atoms with Crippen molar-refractivity contribution >= 4 is 15.9 Å². The van der Waals surface area contributed by atoms with E-state index in [1.54, 1.807) is 6.07 Å². The van der Waals surface area contributed by atoms with Crippen molar-refractivity contribution in [3.05, 3.63) is 28.5 Å². The normalized spacial score (nSPS) is 27.6. The molecule has 0 heterocycles. The van der Waals surface area contributed by atoms with Gasteiger partial charge in [0.15, 0.2) is 0 Å². The third-order valence-corrected chi connectivity index (χ3v) is 3.23. The summed E-state index contributed by atoms with van der Waals surface area (Å²) in [7, 11) is 0. The first-order valence-electron chi connectivity index (χ1n) is 5.60. The average Bonchev–Trinajstić information content (AvgIpc) is 2.24. The van der Waals surface area contributed by atoms with Gasteiger partial charge in [0, 0.05) is 29.6 Å². The van der Waals surface area contributed by atoms with Crippen molar-refractivity contribution in [2.45, 2.75) is 31.6 Å². The zero-order chi connectivity index (χ0) is 12.4. The van der Waals surface area contributed by atoms with Gasteiger partial charge in [0.2, 0.25) is 0 Å². The van der Waals surface area contributed by atoms with Gasteiger partial charge in [-0.05, 0) is 19.1 Å². The van der Waals surface area contributed by atoms with Crippen LogP contribution in [0.25, 0.3) is 0 Å². The maximum Gasteiger partial charge on any atom is 0.128 e. The van der Waals surface area contributed by atoms with Gasteiger partial charge in [-0.1, -0.05) is 15.9 Å². The standard InChI is InChI=1S/C12H15BrFNO2/c1-2-16-12-10(15)6-11(12)17-9-4-7(13)3-8(14)5-9/h3-5,10-12H,2,6,15H2,1H3. The highest BCUT2D eigenvalue weighted by atomic mass is 79.9. The second-order valence-corrected chi connectivity index (χ2v) is 5.00. The Kier molecular flexibility index (Phi) is 4.01. The summed E-state index contributed by atoms with van der Waals surface area (Å²) < 4.78 is 25.0. The van der Waals surface area contributed by atoms with Crippen molar-refractivity contribution in [3.8, 4) is 5.75 Å². The molecule has 3 nitrogen and oxygen atoms in total. The largest absolute Gasteiger partial charge is 0.487 e. The highest BCUT2D eigenvalue weighted by Crippen LogP contribution is 2.29. The Morgan fingerprint density at radius 1 is 1.47 bits per heavy atom. The number of benzene rings is 1. The van der Waals surface area contributed by atoms with E-state index in [1.807, 2.05) is 6.92 Å². The van der Waals surface area contributed by atoms with Crippen LogP contribution in [0, 0.1) is 5.82 Å². The molecule has 0 bridgehead atoms. The van der Waals surface area contributed by atoms with Crippen molar-refractivity contribution < 1.29 is 13.9 Å². The smallest absolute Gasteiger partial charge is 0.128 e. The number of ether oxygens (including phenoxy) is 2. The van der Waals surface area contributed by atoms with Gasteiger partial charge in [-0.3, -0.25) is 0 Å². The van der Waals surface area contributed by atoms with Crippen LogP contribution in [0.1, 0.15) is 13.3 Å². The molecule has 1 fully saturated rings. The van der Waals surface area contributed by atoms with E-state index in [0.717, 1.165) is 6.42 Å². The van der Waals surface area contributed by atoms with Gasteiger partial charge in [-0.2, -0.15) is 0 Å². The fourth-order valence-corrected chi connectivity index (χ4v) is 2.37. The Hall–Kier alpha value is -0.650. The van der Waals surface area contributed by atoms with Gasteiger partial charge in [0.1, 0.15) is 23.8 Å². The third kappa shape index (κ3) is 2.97. The first-order chi connectivity index (χ1) is 8.10. The van der Waals surface area contributed by atoms with Crippen LogP contribution in [-0.4, -0.2) is 24.9 Å². The van der Waals surface area contributed by atoms with Crippen molar-refractivity contribution in [3.63, 3.8) is 0 Å². The molecule has 1 aliphatic rings. The molecule has 2 rings (SSSR count). The topological polar surface area (TPSA) is 44.5 Å². The van der Waals surface area contributed by atoms with Gasteiger partial charge >= 0.3 is 0 Å². The highest BCUT2D eigenvalue weighted by Gasteiger charge is 2.41. The molecule has 0 spiro atoms. The molecule has 17 heavy (non-hydrogen) atoms. The second kappa shape index (κ2) is 5.33. The average molecular weight is 304 g/mol. The van der Waals surface area contributed by atoms with Gasteiger partial charge in [-0.15, -0.1) is 0 Å². The van der Waals surface area contributed by atoms with Crippen molar-refractivity contribution in [2.75, 3.05) is 6.61 Å². The van der Waals surface area contributed by atoms with E-state index in [0.29, 0.717) is 16.8 Å². The molecule has 0 aromatic heterocycles. The fourth-order valence-electron chi connectivity index (χ4n) is 1.93. The molecule has 0 amide bonds. The maximum absolute atomic E-state index is 13.2. The van der Waals surface area contributed by atoms with Gasteiger partial charge in [0.05, 0.1) is 0 Å². The molecule has 1 aromatic rings. The Morgan fingerprint density at radius 3 is 2.82 bits per heavy atom. The Morgan fingerprint density at radius 2 is 2.24 bits per heavy atom. The molecule has 5 heteroatoms. The molecule has 0 radical (unpaired) electrons. The van der Waals surface area contributed by atoms with E-state index in [4.69, 9.17) is 15.2 Å². The Bertz CT molecular complexity index is 382. The quantitative estimate of drug-likeness (QED) is 0.929. The number of halogens is 2. The van der Waals surface area contributed by atoms with E-state index < -0.39 is 0 Å². The SMILES string of the molecule is CCOC1C(N)CC1Oc1cc(F)cc(Br)c1. The number of hydrogen-bond donors (Lipinski definition) is 1. The second-order valence-electron chi connectivity index (χ2n) is 4.08. The Labute approximate surface area is 108 Å². The van der Waals surface area contributed by atoms with Crippen LogP contribution in [0.3, 0.4) is 0 Å². The van der Waals surface area contributed by atoms with Gasteiger partial charge in [-0.25, -0.2) is 4.39 Å². The zero-order valence-electron chi connectivity index (χ0n) is 9.53. The lowest BCUT2D eigenvalue weighted by Crippen LogP contribution is -2.59. The third-order valence-electron chi connectivity index (χ3n) is 2.78. The summed E-state index contributed by atoms with van der Waals surface area (Å²) in [6.45, 7) is 2.52. The summed E-state index contributed by atoms with van der Waals surface area (Å²) in [6.07, 6.45) is 0.555. The van der Waals surface area contributed by atoms with Crippen molar-refractivity contribution in [1.82, 2.24) is 0 Å². The lowest BCUT2D eigenvalue weighted by Gasteiger charge is -2.41. The zero-order valence-corrected chi connectivity index (χ0v) is 11.1. The van der Waals surface area contributed by atoms with Crippen LogP contribution in [0.2, 0.25) is 0 Å². The maximum atomic E-state index is 13.2. The summed E-state index contributed by atoms with van der Waals surface area (Å²) in [4.78, 5) is 0. The molecule has 3 atom stereocenters. The van der Waals surface area contributed by atoms with Crippen molar-refractivity contribution in [1.29, 1.82) is 0 Å². The molecular formula is C12H15BrFNO2. The summed E-state index contributed by atoms with van der Waals surface area (Å²) in [5.41, 5.74) is 5.82. The lowest BCUT2D eigenvalue weighted by atomic mass is 9.86. The van der Waals surface area contributed by atoms with Crippen LogP contribution in [0.5, 0.6) is 5.75 Å². The molecule has 3 unspecified atom stereocenters.